The number of benzene rings is 2. The molecule has 5 rings (SSSR count). The van der Waals surface area contributed by atoms with Crippen LogP contribution in [0.1, 0.15) is 59.9 Å². The van der Waals surface area contributed by atoms with Crippen molar-refractivity contribution < 1.29 is 9.59 Å². The molecule has 1 aliphatic heterocycles. The van der Waals surface area contributed by atoms with Gasteiger partial charge in [0.25, 0.3) is 5.91 Å². The summed E-state index contributed by atoms with van der Waals surface area (Å²) >= 11 is 0. The zero-order chi connectivity index (χ0) is 21.9. The second-order valence-corrected chi connectivity index (χ2v) is 8.51. The first-order chi connectivity index (χ1) is 15.7. The number of fused-ring (bicyclic) bond motifs is 1. The van der Waals surface area contributed by atoms with Gasteiger partial charge in [-0.3, -0.25) is 9.59 Å². The zero-order valence-electron chi connectivity index (χ0n) is 17.9. The molecule has 6 heteroatoms. The van der Waals surface area contributed by atoms with Gasteiger partial charge in [-0.2, -0.15) is 0 Å². The molecule has 1 N–H and O–H groups in total. The molecular weight excluding hydrogens is 400 g/mol. The molecule has 0 bridgehead atoms. The Balaban J connectivity index is 1.44. The van der Waals surface area contributed by atoms with Crippen LogP contribution in [0.25, 0.3) is 11.3 Å². The molecule has 1 fully saturated rings. The molecule has 2 aliphatic rings. The van der Waals surface area contributed by atoms with Crippen molar-refractivity contribution in [2.24, 2.45) is 0 Å². The topological polar surface area (TPSA) is 75.2 Å². The van der Waals surface area contributed by atoms with Crippen molar-refractivity contribution in [3.63, 3.8) is 0 Å². The Kier molecular flexibility index (Phi) is 5.67. The lowest BCUT2D eigenvalue weighted by Gasteiger charge is -2.30. The number of hydrogen-bond acceptors (Lipinski definition) is 4. The lowest BCUT2D eigenvalue weighted by Crippen LogP contribution is -2.45. The Morgan fingerprint density at radius 1 is 0.969 bits per heavy atom. The molecule has 2 heterocycles. The molecule has 1 aliphatic carbocycles. The van der Waals surface area contributed by atoms with Gasteiger partial charge in [-0.25, -0.2) is 9.97 Å². The molecule has 0 spiro atoms. The third kappa shape index (κ3) is 4.00. The SMILES string of the molecule is O=C(NC1CCCCC1)C(c1ccccc1)N1Cc2nc(-c3ccccc3)cnc2C1=O. The average Bonchev–Trinajstić information content (AvgIpc) is 3.16. The molecule has 32 heavy (non-hydrogen) atoms. The lowest BCUT2D eigenvalue weighted by molar-refractivity contribution is -0.127. The number of hydrogen-bond donors (Lipinski definition) is 1. The number of aromatic nitrogens is 2. The van der Waals surface area contributed by atoms with Crippen LogP contribution in [-0.2, 0) is 11.3 Å². The summed E-state index contributed by atoms with van der Waals surface area (Å²) in [6.45, 7) is 0.263. The van der Waals surface area contributed by atoms with Crippen molar-refractivity contribution in [2.45, 2.75) is 50.7 Å². The Labute approximate surface area is 187 Å². The highest BCUT2D eigenvalue weighted by Crippen LogP contribution is 2.32. The standard InChI is InChI=1S/C26H26N4O2/c31-25(28-20-14-8-3-9-15-20)24(19-12-6-2-7-13-19)30-17-22-23(26(30)32)27-16-21(29-22)18-10-4-1-5-11-18/h1-2,4-7,10-13,16,20,24H,3,8-9,14-15,17H2,(H,28,31). The van der Waals surface area contributed by atoms with Crippen LogP contribution < -0.4 is 5.32 Å². The molecular formula is C26H26N4O2. The number of rotatable bonds is 5. The van der Waals surface area contributed by atoms with E-state index in [1.807, 2.05) is 60.7 Å². The van der Waals surface area contributed by atoms with E-state index in [4.69, 9.17) is 4.98 Å². The minimum Gasteiger partial charge on any atom is -0.351 e. The van der Waals surface area contributed by atoms with E-state index < -0.39 is 6.04 Å². The number of nitrogens with one attached hydrogen (secondary N) is 1. The van der Waals surface area contributed by atoms with Gasteiger partial charge in [-0.05, 0) is 18.4 Å². The van der Waals surface area contributed by atoms with Gasteiger partial charge in [-0.1, -0.05) is 79.9 Å². The summed E-state index contributed by atoms with van der Waals surface area (Å²) < 4.78 is 0. The molecule has 0 radical (unpaired) electrons. The van der Waals surface area contributed by atoms with Gasteiger partial charge in [-0.15, -0.1) is 0 Å². The van der Waals surface area contributed by atoms with E-state index in [-0.39, 0.29) is 24.4 Å². The summed E-state index contributed by atoms with van der Waals surface area (Å²) in [6.07, 6.45) is 7.09. The molecule has 2 amide bonds. The van der Waals surface area contributed by atoms with Gasteiger partial charge in [0.2, 0.25) is 5.91 Å². The van der Waals surface area contributed by atoms with E-state index in [1.165, 1.54) is 6.42 Å². The molecule has 1 aromatic heterocycles. The van der Waals surface area contributed by atoms with Gasteiger partial charge in [0.1, 0.15) is 6.04 Å². The fourth-order valence-corrected chi connectivity index (χ4v) is 4.68. The van der Waals surface area contributed by atoms with Crippen LogP contribution in [0.5, 0.6) is 0 Å². The van der Waals surface area contributed by atoms with Gasteiger partial charge >= 0.3 is 0 Å². The summed E-state index contributed by atoms with van der Waals surface area (Å²) in [6, 6.07) is 18.7. The highest BCUT2D eigenvalue weighted by molar-refractivity contribution is 5.99. The Hall–Kier alpha value is -3.54. The maximum Gasteiger partial charge on any atom is 0.275 e. The normalized spacial score (nSPS) is 17.1. The number of nitrogens with zero attached hydrogens (tertiary/aromatic N) is 3. The van der Waals surface area contributed by atoms with Crippen LogP contribution in [0.3, 0.4) is 0 Å². The van der Waals surface area contributed by atoms with Gasteiger partial charge in [0.05, 0.1) is 24.1 Å². The minimum absolute atomic E-state index is 0.132. The number of carbonyl (C=O) groups excluding carboxylic acids is 2. The first-order valence-corrected chi connectivity index (χ1v) is 11.3. The van der Waals surface area contributed by atoms with Crippen LogP contribution in [0.4, 0.5) is 0 Å². The fourth-order valence-electron chi connectivity index (χ4n) is 4.68. The maximum absolute atomic E-state index is 13.4. The lowest BCUT2D eigenvalue weighted by atomic mass is 9.94. The molecule has 0 saturated heterocycles. The minimum atomic E-state index is -0.707. The van der Waals surface area contributed by atoms with E-state index >= 15 is 0 Å². The van der Waals surface area contributed by atoms with Crippen LogP contribution in [-0.4, -0.2) is 32.7 Å². The molecule has 3 aromatic rings. The summed E-state index contributed by atoms with van der Waals surface area (Å²) in [4.78, 5) is 37.5. The van der Waals surface area contributed by atoms with Crippen LogP contribution in [0, 0.1) is 0 Å². The highest BCUT2D eigenvalue weighted by atomic mass is 16.2. The van der Waals surface area contributed by atoms with Crippen molar-refractivity contribution in [2.75, 3.05) is 0 Å². The van der Waals surface area contributed by atoms with Crippen molar-refractivity contribution in [1.82, 2.24) is 20.2 Å². The van der Waals surface area contributed by atoms with Gasteiger partial charge in [0.15, 0.2) is 5.69 Å². The second-order valence-electron chi connectivity index (χ2n) is 8.51. The third-order valence-corrected chi connectivity index (χ3v) is 6.32. The van der Waals surface area contributed by atoms with Crippen molar-refractivity contribution >= 4 is 11.8 Å². The molecule has 1 saturated carbocycles. The summed E-state index contributed by atoms with van der Waals surface area (Å²) in [5.74, 6) is -0.382. The molecule has 1 unspecified atom stereocenters. The van der Waals surface area contributed by atoms with Crippen LogP contribution in [0.2, 0.25) is 0 Å². The maximum atomic E-state index is 13.4. The highest BCUT2D eigenvalue weighted by Gasteiger charge is 2.39. The van der Waals surface area contributed by atoms with Crippen molar-refractivity contribution in [3.8, 4) is 11.3 Å². The van der Waals surface area contributed by atoms with Gasteiger partial charge < -0.3 is 10.2 Å². The predicted octanol–water partition coefficient (Wildman–Crippen LogP) is 4.29. The summed E-state index contributed by atoms with van der Waals surface area (Å²) in [7, 11) is 0. The third-order valence-electron chi connectivity index (χ3n) is 6.32. The predicted molar refractivity (Wildman–Crippen MR) is 122 cm³/mol. The van der Waals surface area contributed by atoms with E-state index in [1.54, 1.807) is 11.1 Å². The first-order valence-electron chi connectivity index (χ1n) is 11.3. The van der Waals surface area contributed by atoms with Crippen molar-refractivity contribution in [3.05, 3.63) is 83.8 Å². The van der Waals surface area contributed by atoms with Crippen LogP contribution in [0.15, 0.2) is 66.9 Å². The van der Waals surface area contributed by atoms with E-state index in [0.717, 1.165) is 42.5 Å². The summed E-state index contributed by atoms with van der Waals surface area (Å²) in [5.41, 5.74) is 3.41. The zero-order valence-corrected chi connectivity index (χ0v) is 17.9. The van der Waals surface area contributed by atoms with E-state index in [9.17, 15) is 9.59 Å². The van der Waals surface area contributed by atoms with E-state index in [2.05, 4.69) is 10.3 Å². The molecule has 162 valence electrons. The summed E-state index contributed by atoms with van der Waals surface area (Å²) in [5, 5.41) is 3.21. The van der Waals surface area contributed by atoms with Crippen LogP contribution >= 0.6 is 0 Å². The van der Waals surface area contributed by atoms with Gasteiger partial charge in [0, 0.05) is 11.6 Å². The quantitative estimate of drug-likeness (QED) is 0.660. The van der Waals surface area contributed by atoms with Crippen molar-refractivity contribution in [1.29, 1.82) is 0 Å². The molecule has 1 atom stereocenters. The monoisotopic (exact) mass is 426 g/mol. The first kappa shape index (κ1) is 20.4. The largest absolute Gasteiger partial charge is 0.351 e. The molecule has 6 nitrogen and oxygen atoms in total. The fraction of sp³-hybridized carbons (Fsp3) is 0.308. The Morgan fingerprint density at radius 3 is 2.38 bits per heavy atom. The average molecular weight is 427 g/mol. The Bertz CT molecular complexity index is 1110. The van der Waals surface area contributed by atoms with E-state index in [0.29, 0.717) is 11.4 Å². The number of carbonyl (C=O) groups is 2. The molecule has 2 aromatic carbocycles. The second kappa shape index (κ2) is 8.91. The smallest absolute Gasteiger partial charge is 0.275 e. The number of amides is 2. The Morgan fingerprint density at radius 2 is 1.66 bits per heavy atom.